The summed E-state index contributed by atoms with van der Waals surface area (Å²) in [4.78, 5) is 33.0. The number of esters is 1. The molecule has 8 nitrogen and oxygen atoms in total. The summed E-state index contributed by atoms with van der Waals surface area (Å²) in [5.74, 6) is -2.00. The Balaban J connectivity index is 2.75. The van der Waals surface area contributed by atoms with E-state index in [-0.39, 0.29) is 23.8 Å². The van der Waals surface area contributed by atoms with Crippen LogP contribution in [0.2, 0.25) is 0 Å². The average molecular weight is 310 g/mol. The van der Waals surface area contributed by atoms with Crippen LogP contribution in [0.4, 0.5) is 5.69 Å². The first-order chi connectivity index (χ1) is 10.1. The lowest BCUT2D eigenvalue weighted by Crippen LogP contribution is -2.51. The maximum Gasteiger partial charge on any atom is 0.324 e. The number of rotatable bonds is 7. The van der Waals surface area contributed by atoms with Gasteiger partial charge in [-0.25, -0.2) is 0 Å². The third kappa shape index (κ3) is 4.81. The fourth-order valence-electron chi connectivity index (χ4n) is 2.02. The number of ether oxygens (including phenoxy) is 1. The van der Waals surface area contributed by atoms with Crippen LogP contribution < -0.4 is 10.5 Å². The summed E-state index contributed by atoms with van der Waals surface area (Å²) in [6.07, 6.45) is -0.366. The van der Waals surface area contributed by atoms with Crippen LogP contribution in [0.5, 0.6) is 5.75 Å². The van der Waals surface area contributed by atoms with Crippen molar-refractivity contribution in [2.45, 2.75) is 32.2 Å². The van der Waals surface area contributed by atoms with Gasteiger partial charge in [0, 0.05) is 12.1 Å². The Morgan fingerprint density at radius 3 is 2.32 bits per heavy atom. The Morgan fingerprint density at radius 1 is 1.36 bits per heavy atom. The molecule has 0 aromatic heterocycles. The molecular weight excluding hydrogens is 292 g/mol. The normalized spacial score (nSPS) is 13.5. The number of carbonyl (C=O) groups excluding carboxylic acids is 1. The van der Waals surface area contributed by atoms with Gasteiger partial charge >= 0.3 is 11.9 Å². The van der Waals surface area contributed by atoms with Crippen LogP contribution in [-0.2, 0) is 9.59 Å². The number of benzene rings is 1. The van der Waals surface area contributed by atoms with E-state index in [0.29, 0.717) is 0 Å². The molecule has 1 aromatic rings. The summed E-state index contributed by atoms with van der Waals surface area (Å²) in [5, 5.41) is 19.7. The summed E-state index contributed by atoms with van der Waals surface area (Å²) in [5.41, 5.74) is 3.93. The predicted molar refractivity (Wildman–Crippen MR) is 77.4 cm³/mol. The second-order valence-corrected chi connectivity index (χ2v) is 5.46. The molecular formula is C14H18N2O6. The Bertz CT molecular complexity index is 569. The molecule has 1 rings (SSSR count). The van der Waals surface area contributed by atoms with Gasteiger partial charge in [0.15, 0.2) is 0 Å². The number of hydrogen-bond donors (Lipinski definition) is 2. The molecule has 0 bridgehead atoms. The van der Waals surface area contributed by atoms with Crippen molar-refractivity contribution >= 4 is 17.6 Å². The Labute approximate surface area is 127 Å². The first-order valence-corrected chi connectivity index (χ1v) is 6.61. The van der Waals surface area contributed by atoms with Crippen molar-refractivity contribution in [2.24, 2.45) is 11.7 Å². The molecule has 1 aromatic carbocycles. The van der Waals surface area contributed by atoms with Gasteiger partial charge in [0.25, 0.3) is 5.69 Å². The zero-order valence-corrected chi connectivity index (χ0v) is 12.3. The van der Waals surface area contributed by atoms with Crippen molar-refractivity contribution in [1.29, 1.82) is 0 Å². The van der Waals surface area contributed by atoms with E-state index in [1.54, 1.807) is 13.8 Å². The number of nitrogens with two attached hydrogens (primary N) is 1. The number of nitrogens with zero attached hydrogens (tertiary/aromatic N) is 1. The molecule has 0 radical (unpaired) electrons. The van der Waals surface area contributed by atoms with E-state index in [0.717, 1.165) is 0 Å². The summed E-state index contributed by atoms with van der Waals surface area (Å²) < 4.78 is 4.97. The van der Waals surface area contributed by atoms with E-state index < -0.39 is 28.8 Å². The lowest BCUT2D eigenvalue weighted by atomic mass is 9.87. The molecule has 0 saturated carbocycles. The van der Waals surface area contributed by atoms with Crippen molar-refractivity contribution in [1.82, 2.24) is 0 Å². The molecule has 0 heterocycles. The minimum absolute atomic E-state index is 0.00623. The highest BCUT2D eigenvalue weighted by atomic mass is 16.6. The maximum absolute atomic E-state index is 11.8. The summed E-state index contributed by atoms with van der Waals surface area (Å²) >= 11 is 0. The second kappa shape index (κ2) is 6.99. The fourth-order valence-corrected chi connectivity index (χ4v) is 2.02. The highest BCUT2D eigenvalue weighted by Crippen LogP contribution is 2.22. The van der Waals surface area contributed by atoms with E-state index >= 15 is 0 Å². The highest BCUT2D eigenvalue weighted by molar-refractivity contribution is 5.86. The molecule has 22 heavy (non-hydrogen) atoms. The summed E-state index contributed by atoms with van der Waals surface area (Å²) in [7, 11) is 0. The van der Waals surface area contributed by atoms with E-state index in [1.807, 2.05) is 0 Å². The first-order valence-electron chi connectivity index (χ1n) is 6.61. The van der Waals surface area contributed by atoms with E-state index in [2.05, 4.69) is 0 Å². The lowest BCUT2D eigenvalue weighted by Gasteiger charge is -2.25. The molecule has 0 aliphatic rings. The van der Waals surface area contributed by atoms with Gasteiger partial charge in [-0.3, -0.25) is 19.7 Å². The van der Waals surface area contributed by atoms with Crippen LogP contribution in [0.1, 0.15) is 26.7 Å². The van der Waals surface area contributed by atoms with Crippen molar-refractivity contribution in [2.75, 3.05) is 0 Å². The zero-order chi connectivity index (χ0) is 16.9. The third-order valence-electron chi connectivity index (χ3n) is 2.94. The number of hydrogen-bond acceptors (Lipinski definition) is 6. The number of nitro groups is 1. The van der Waals surface area contributed by atoms with Crippen molar-refractivity contribution < 1.29 is 24.4 Å². The van der Waals surface area contributed by atoms with Gasteiger partial charge in [0.1, 0.15) is 11.3 Å². The van der Waals surface area contributed by atoms with Gasteiger partial charge in [-0.1, -0.05) is 13.8 Å². The monoisotopic (exact) mass is 310 g/mol. The quantitative estimate of drug-likeness (QED) is 0.339. The van der Waals surface area contributed by atoms with Crippen molar-refractivity contribution in [3.8, 4) is 5.75 Å². The predicted octanol–water partition coefficient (Wildman–Crippen LogP) is 1.72. The number of carboxylic acid groups (broad SMARTS) is 1. The van der Waals surface area contributed by atoms with E-state index in [4.69, 9.17) is 10.5 Å². The van der Waals surface area contributed by atoms with Crippen LogP contribution in [0, 0.1) is 16.0 Å². The van der Waals surface area contributed by atoms with Crippen molar-refractivity contribution in [3.63, 3.8) is 0 Å². The van der Waals surface area contributed by atoms with Gasteiger partial charge in [0.2, 0.25) is 0 Å². The fraction of sp³-hybridized carbons (Fsp3) is 0.429. The Morgan fingerprint density at radius 2 is 1.91 bits per heavy atom. The van der Waals surface area contributed by atoms with E-state index in [9.17, 15) is 24.8 Å². The molecule has 0 saturated heterocycles. The molecule has 120 valence electrons. The SMILES string of the molecule is CC(C)CC(N)(CC(=O)Oc1ccc([N+](=O)[O-])cc1)C(=O)O. The smallest absolute Gasteiger partial charge is 0.324 e. The Hall–Kier alpha value is -2.48. The van der Waals surface area contributed by atoms with Gasteiger partial charge in [-0.2, -0.15) is 0 Å². The number of carbonyl (C=O) groups is 2. The number of nitro benzene ring substituents is 1. The summed E-state index contributed by atoms with van der Waals surface area (Å²) in [6.45, 7) is 3.60. The maximum atomic E-state index is 11.8. The summed E-state index contributed by atoms with van der Waals surface area (Å²) in [6, 6.07) is 4.89. The van der Waals surface area contributed by atoms with Crippen LogP contribution in [0.15, 0.2) is 24.3 Å². The molecule has 3 N–H and O–H groups in total. The van der Waals surface area contributed by atoms with Gasteiger partial charge in [0.05, 0.1) is 11.3 Å². The first kappa shape index (κ1) is 17.6. The average Bonchev–Trinajstić information content (AvgIpc) is 2.37. The van der Waals surface area contributed by atoms with Crippen LogP contribution in [0.25, 0.3) is 0 Å². The Kier molecular flexibility index (Phi) is 5.58. The largest absolute Gasteiger partial charge is 0.480 e. The second-order valence-electron chi connectivity index (χ2n) is 5.46. The molecule has 1 unspecified atom stereocenters. The molecule has 0 amide bonds. The number of non-ortho nitro benzene ring substituents is 1. The number of aliphatic carboxylic acids is 1. The minimum atomic E-state index is -1.70. The van der Waals surface area contributed by atoms with Crippen LogP contribution >= 0.6 is 0 Å². The van der Waals surface area contributed by atoms with Gasteiger partial charge in [-0.05, 0) is 24.5 Å². The topological polar surface area (TPSA) is 133 Å². The minimum Gasteiger partial charge on any atom is -0.480 e. The molecule has 0 aliphatic heterocycles. The highest BCUT2D eigenvalue weighted by Gasteiger charge is 2.37. The molecule has 1 atom stereocenters. The van der Waals surface area contributed by atoms with Crippen molar-refractivity contribution in [3.05, 3.63) is 34.4 Å². The van der Waals surface area contributed by atoms with Gasteiger partial charge < -0.3 is 15.6 Å². The van der Waals surface area contributed by atoms with Crippen LogP contribution in [-0.4, -0.2) is 27.5 Å². The van der Waals surface area contributed by atoms with Crippen LogP contribution in [0.3, 0.4) is 0 Å². The zero-order valence-electron chi connectivity index (χ0n) is 12.3. The number of carboxylic acids is 1. The lowest BCUT2D eigenvalue weighted by molar-refractivity contribution is -0.384. The van der Waals surface area contributed by atoms with Gasteiger partial charge in [-0.15, -0.1) is 0 Å². The molecule has 8 heteroatoms. The molecule has 0 fully saturated rings. The molecule has 0 aliphatic carbocycles. The standard InChI is InChI=1S/C14H18N2O6/c1-9(2)7-14(15,13(18)19)8-12(17)22-11-5-3-10(4-6-11)16(20)21/h3-6,9H,7-8,15H2,1-2H3,(H,18,19). The third-order valence-corrected chi connectivity index (χ3v) is 2.94. The van der Waals surface area contributed by atoms with E-state index in [1.165, 1.54) is 24.3 Å². The molecule has 0 spiro atoms.